The van der Waals surface area contributed by atoms with Crippen LogP contribution in [0.4, 0.5) is 17.1 Å². The van der Waals surface area contributed by atoms with E-state index in [-0.39, 0.29) is 0 Å². The zero-order valence-electron chi connectivity index (χ0n) is 22.7. The van der Waals surface area contributed by atoms with Gasteiger partial charge < -0.3 is 14.0 Å². The highest BCUT2D eigenvalue weighted by atomic mass is 32.2. The summed E-state index contributed by atoms with van der Waals surface area (Å²) in [5, 5.41) is 3.75. The van der Waals surface area contributed by atoms with Crippen LogP contribution in [0.15, 0.2) is 162 Å². The lowest BCUT2D eigenvalue weighted by molar-refractivity contribution is 1.11. The first kappa shape index (κ1) is 23.5. The summed E-state index contributed by atoms with van der Waals surface area (Å²) in [5.41, 5.74) is 9.53. The lowest BCUT2D eigenvalue weighted by atomic mass is 10.1. The molecule has 198 valence electrons. The van der Waals surface area contributed by atoms with Crippen molar-refractivity contribution in [2.45, 2.75) is 9.79 Å². The second-order valence-electron chi connectivity index (χ2n) is 10.7. The molecule has 42 heavy (non-hydrogen) atoms. The fourth-order valence-electron chi connectivity index (χ4n) is 6.48. The summed E-state index contributed by atoms with van der Waals surface area (Å²) in [6.07, 6.45) is 2.19. The first-order chi connectivity index (χ1) is 20.8. The van der Waals surface area contributed by atoms with E-state index in [0.29, 0.717) is 0 Å². The van der Waals surface area contributed by atoms with Crippen LogP contribution in [0, 0.1) is 0 Å². The van der Waals surface area contributed by atoms with Crippen LogP contribution in [0.2, 0.25) is 0 Å². The first-order valence-corrected chi connectivity index (χ1v) is 15.0. The molecule has 8 aromatic rings. The number of para-hydroxylation sites is 4. The van der Waals surface area contributed by atoms with Crippen LogP contribution in [-0.4, -0.2) is 9.13 Å². The maximum Gasteiger partial charge on any atom is 0.0788 e. The molecule has 6 aromatic carbocycles. The SMILES string of the molecule is c1ccc(-n2ccc3ccc4c5ccccc5n(-c5ccc(N6c7ccccc7Sc7ccccc76)cc5)c4c32)cc1. The molecule has 4 heteroatoms. The molecule has 0 amide bonds. The fraction of sp³-hybridized carbons (Fsp3) is 0. The summed E-state index contributed by atoms with van der Waals surface area (Å²) in [4.78, 5) is 4.92. The van der Waals surface area contributed by atoms with Gasteiger partial charge in [-0.3, -0.25) is 0 Å². The molecule has 0 atom stereocenters. The van der Waals surface area contributed by atoms with Gasteiger partial charge in [0.1, 0.15) is 0 Å². The number of aromatic nitrogens is 2. The monoisotopic (exact) mass is 555 g/mol. The summed E-state index contributed by atoms with van der Waals surface area (Å²) < 4.78 is 4.75. The van der Waals surface area contributed by atoms with E-state index in [1.165, 1.54) is 53.9 Å². The second-order valence-corrected chi connectivity index (χ2v) is 11.7. The normalized spacial score (nSPS) is 12.6. The predicted molar refractivity (Wildman–Crippen MR) is 176 cm³/mol. The van der Waals surface area contributed by atoms with Crippen LogP contribution in [0.1, 0.15) is 0 Å². The van der Waals surface area contributed by atoms with E-state index in [9.17, 15) is 0 Å². The average Bonchev–Trinajstić information content (AvgIpc) is 3.64. The molecule has 0 unspecified atom stereocenters. The van der Waals surface area contributed by atoms with Crippen LogP contribution in [0.3, 0.4) is 0 Å². The van der Waals surface area contributed by atoms with Crippen molar-refractivity contribution in [3.63, 3.8) is 0 Å². The minimum absolute atomic E-state index is 1.14. The topological polar surface area (TPSA) is 13.1 Å². The Morgan fingerprint density at radius 3 is 1.83 bits per heavy atom. The molecular formula is C38H25N3S. The van der Waals surface area contributed by atoms with Gasteiger partial charge >= 0.3 is 0 Å². The highest BCUT2D eigenvalue weighted by molar-refractivity contribution is 7.99. The number of benzene rings is 6. The van der Waals surface area contributed by atoms with E-state index in [4.69, 9.17) is 0 Å². The van der Waals surface area contributed by atoms with Crippen LogP contribution < -0.4 is 4.90 Å². The third-order valence-corrected chi connectivity index (χ3v) is 9.45. The maximum atomic E-state index is 2.43. The molecule has 0 spiro atoms. The van der Waals surface area contributed by atoms with Gasteiger partial charge in [0.05, 0.1) is 27.9 Å². The van der Waals surface area contributed by atoms with E-state index in [1.54, 1.807) is 0 Å². The fourth-order valence-corrected chi connectivity index (χ4v) is 7.54. The van der Waals surface area contributed by atoms with Crippen LogP contribution >= 0.6 is 11.8 Å². The number of nitrogens with zero attached hydrogens (tertiary/aromatic N) is 3. The smallest absolute Gasteiger partial charge is 0.0788 e. The molecule has 0 fully saturated rings. The number of rotatable bonds is 3. The molecule has 0 saturated heterocycles. The second kappa shape index (κ2) is 9.16. The quantitative estimate of drug-likeness (QED) is 0.215. The molecule has 0 aliphatic carbocycles. The third-order valence-electron chi connectivity index (χ3n) is 8.32. The molecule has 1 aliphatic rings. The predicted octanol–water partition coefficient (Wildman–Crippen LogP) is 10.7. The molecule has 0 bridgehead atoms. The zero-order valence-corrected chi connectivity index (χ0v) is 23.5. The molecule has 0 radical (unpaired) electrons. The Morgan fingerprint density at radius 1 is 0.429 bits per heavy atom. The van der Waals surface area contributed by atoms with Gasteiger partial charge in [-0.05, 0) is 72.8 Å². The number of hydrogen-bond acceptors (Lipinski definition) is 2. The third kappa shape index (κ3) is 3.42. The molecule has 3 heterocycles. The van der Waals surface area contributed by atoms with E-state index < -0.39 is 0 Å². The van der Waals surface area contributed by atoms with Gasteiger partial charge in [0.15, 0.2) is 0 Å². The Balaban J connectivity index is 1.28. The van der Waals surface area contributed by atoms with Crippen molar-refractivity contribution in [2.24, 2.45) is 0 Å². The summed E-state index contributed by atoms with van der Waals surface area (Å²) in [5.74, 6) is 0. The molecule has 3 nitrogen and oxygen atoms in total. The number of hydrogen-bond donors (Lipinski definition) is 0. The highest BCUT2D eigenvalue weighted by Crippen LogP contribution is 2.51. The van der Waals surface area contributed by atoms with E-state index in [1.807, 2.05) is 11.8 Å². The van der Waals surface area contributed by atoms with Gasteiger partial charge in [0.2, 0.25) is 0 Å². The van der Waals surface area contributed by atoms with Gasteiger partial charge in [-0.15, -0.1) is 0 Å². The van der Waals surface area contributed by atoms with Crippen molar-refractivity contribution in [1.82, 2.24) is 9.13 Å². The molecule has 2 aromatic heterocycles. The van der Waals surface area contributed by atoms with Gasteiger partial charge in [-0.1, -0.05) is 84.6 Å². The number of fused-ring (bicyclic) bond motifs is 7. The summed E-state index contributed by atoms with van der Waals surface area (Å²) >= 11 is 1.84. The minimum Gasteiger partial charge on any atom is -0.315 e. The standard InChI is InChI=1S/C38H25N3S/c1-2-10-27(11-3-1)39-25-24-26-18-23-31-30-12-4-5-13-32(30)41(38(31)37(26)39)29-21-19-28(20-22-29)40-33-14-6-8-16-35(33)42-36-17-9-7-15-34(36)40/h1-25H. The van der Waals surface area contributed by atoms with Crippen molar-refractivity contribution < 1.29 is 0 Å². The average molecular weight is 556 g/mol. The van der Waals surface area contributed by atoms with Crippen molar-refractivity contribution >= 4 is 61.5 Å². The van der Waals surface area contributed by atoms with Gasteiger partial charge in [0, 0.05) is 49.2 Å². The van der Waals surface area contributed by atoms with Gasteiger partial charge in [-0.25, -0.2) is 0 Å². The lowest BCUT2D eigenvalue weighted by Gasteiger charge is -2.32. The van der Waals surface area contributed by atoms with Crippen LogP contribution in [-0.2, 0) is 0 Å². The Kier molecular flexibility index (Phi) is 5.13. The Hall–Kier alpha value is -5.19. The van der Waals surface area contributed by atoms with Crippen molar-refractivity contribution in [3.05, 3.63) is 152 Å². The Bertz CT molecular complexity index is 2230. The first-order valence-electron chi connectivity index (χ1n) is 14.2. The van der Waals surface area contributed by atoms with Crippen molar-refractivity contribution in [3.8, 4) is 11.4 Å². The molecule has 9 rings (SSSR count). The Morgan fingerprint density at radius 2 is 1.07 bits per heavy atom. The van der Waals surface area contributed by atoms with E-state index in [2.05, 4.69) is 166 Å². The largest absolute Gasteiger partial charge is 0.315 e. The summed E-state index contributed by atoms with van der Waals surface area (Å²) in [7, 11) is 0. The van der Waals surface area contributed by atoms with E-state index >= 15 is 0 Å². The minimum atomic E-state index is 1.14. The molecule has 0 saturated carbocycles. The van der Waals surface area contributed by atoms with Gasteiger partial charge in [0.25, 0.3) is 0 Å². The number of anilines is 3. The molecule has 0 N–H and O–H groups in total. The van der Waals surface area contributed by atoms with Crippen LogP contribution in [0.5, 0.6) is 0 Å². The summed E-state index contributed by atoms with van der Waals surface area (Å²) in [6, 6.07) is 52.5. The molecular weight excluding hydrogens is 531 g/mol. The summed E-state index contributed by atoms with van der Waals surface area (Å²) in [6.45, 7) is 0. The van der Waals surface area contributed by atoms with Crippen molar-refractivity contribution in [1.29, 1.82) is 0 Å². The molecule has 1 aliphatic heterocycles. The van der Waals surface area contributed by atoms with Crippen molar-refractivity contribution in [2.75, 3.05) is 4.90 Å². The lowest BCUT2D eigenvalue weighted by Crippen LogP contribution is -2.14. The Labute approximate surface area is 247 Å². The van der Waals surface area contributed by atoms with Gasteiger partial charge in [-0.2, -0.15) is 0 Å². The zero-order chi connectivity index (χ0) is 27.6. The maximum absolute atomic E-state index is 2.43. The van der Waals surface area contributed by atoms with Crippen LogP contribution in [0.25, 0.3) is 44.1 Å². The highest BCUT2D eigenvalue weighted by Gasteiger charge is 2.24. The van der Waals surface area contributed by atoms with E-state index in [0.717, 1.165) is 17.1 Å².